The van der Waals surface area contributed by atoms with Crippen molar-refractivity contribution in [2.75, 3.05) is 18.5 Å². The van der Waals surface area contributed by atoms with E-state index in [1.165, 1.54) is 36.4 Å². The Bertz CT molecular complexity index is 1280. The van der Waals surface area contributed by atoms with Gasteiger partial charge in [-0.2, -0.15) is 0 Å². The summed E-state index contributed by atoms with van der Waals surface area (Å²) in [6, 6.07) is 15.1. The zero-order valence-electron chi connectivity index (χ0n) is 19.9. The largest absolute Gasteiger partial charge is 0.507 e. The Balaban J connectivity index is 1.53. The fourth-order valence-corrected chi connectivity index (χ4v) is 3.97. The van der Waals surface area contributed by atoms with Crippen LogP contribution in [0.25, 0.3) is 0 Å². The first-order valence-corrected chi connectivity index (χ1v) is 11.4. The number of benzene rings is 3. The van der Waals surface area contributed by atoms with Crippen LogP contribution in [0.5, 0.6) is 17.2 Å². The second-order valence-electron chi connectivity index (χ2n) is 9.22. The Kier molecular flexibility index (Phi) is 7.23. The number of phenolic OH excluding ortho intramolecular Hbond substituents is 1. The highest BCUT2D eigenvalue weighted by atomic mass is 19.1. The average molecular weight is 495 g/mol. The van der Waals surface area contributed by atoms with Gasteiger partial charge in [-0.25, -0.2) is 9.18 Å². The van der Waals surface area contributed by atoms with E-state index < -0.39 is 17.6 Å². The van der Waals surface area contributed by atoms with Gasteiger partial charge in [0.05, 0.1) is 11.8 Å². The van der Waals surface area contributed by atoms with Crippen molar-refractivity contribution in [1.82, 2.24) is 5.32 Å². The molecular formula is C27H27FN2O6. The average Bonchev–Trinajstić information content (AvgIpc) is 2.83. The van der Waals surface area contributed by atoms with E-state index in [1.807, 2.05) is 13.8 Å². The number of esters is 1. The van der Waals surface area contributed by atoms with Crippen molar-refractivity contribution in [3.05, 3.63) is 83.2 Å². The molecule has 1 aliphatic heterocycles. The van der Waals surface area contributed by atoms with E-state index in [9.17, 15) is 24.2 Å². The van der Waals surface area contributed by atoms with Gasteiger partial charge < -0.3 is 30.3 Å². The highest BCUT2D eigenvalue weighted by Crippen LogP contribution is 2.39. The summed E-state index contributed by atoms with van der Waals surface area (Å²) in [5, 5.41) is 27.0. The van der Waals surface area contributed by atoms with Gasteiger partial charge in [0.25, 0.3) is 5.91 Å². The first kappa shape index (κ1) is 25.2. The first-order chi connectivity index (χ1) is 17.1. The number of phenols is 1. The molecule has 36 heavy (non-hydrogen) atoms. The lowest BCUT2D eigenvalue weighted by molar-refractivity contribution is -0.118. The van der Waals surface area contributed by atoms with Crippen molar-refractivity contribution in [3.63, 3.8) is 0 Å². The first-order valence-electron chi connectivity index (χ1n) is 11.4. The van der Waals surface area contributed by atoms with Crippen LogP contribution < -0.4 is 20.1 Å². The van der Waals surface area contributed by atoms with Gasteiger partial charge in [0.15, 0.2) is 6.61 Å². The molecule has 8 nitrogen and oxygen atoms in total. The molecule has 1 amide bonds. The van der Waals surface area contributed by atoms with Gasteiger partial charge in [-0.3, -0.25) is 4.79 Å². The minimum absolute atomic E-state index is 0.0261. The number of aliphatic hydroxyl groups excluding tert-OH is 1. The van der Waals surface area contributed by atoms with Gasteiger partial charge in [0.1, 0.15) is 28.6 Å². The zero-order valence-corrected chi connectivity index (χ0v) is 19.9. The second-order valence-corrected chi connectivity index (χ2v) is 9.22. The number of para-hydroxylation sites is 1. The molecular weight excluding hydrogens is 467 g/mol. The van der Waals surface area contributed by atoms with Crippen molar-refractivity contribution < 1.29 is 33.7 Å². The molecule has 0 saturated heterocycles. The molecule has 188 valence electrons. The number of halogens is 1. The van der Waals surface area contributed by atoms with Gasteiger partial charge in [0, 0.05) is 23.7 Å². The summed E-state index contributed by atoms with van der Waals surface area (Å²) >= 11 is 0. The molecule has 9 heteroatoms. The lowest BCUT2D eigenvalue weighted by Gasteiger charge is -2.29. The zero-order chi connectivity index (χ0) is 25.9. The van der Waals surface area contributed by atoms with Crippen LogP contribution in [0.15, 0.2) is 60.7 Å². The fourth-order valence-electron chi connectivity index (χ4n) is 3.97. The fraction of sp³-hybridized carbons (Fsp3) is 0.259. The third-order valence-electron chi connectivity index (χ3n) is 5.74. The summed E-state index contributed by atoms with van der Waals surface area (Å²) in [6.45, 7) is 3.82. The van der Waals surface area contributed by atoms with E-state index in [0.717, 1.165) is 5.56 Å². The van der Waals surface area contributed by atoms with Crippen LogP contribution in [0.2, 0.25) is 0 Å². The predicted octanol–water partition coefficient (Wildman–Crippen LogP) is 3.73. The van der Waals surface area contributed by atoms with Gasteiger partial charge in [-0.05, 0) is 56.2 Å². The smallest absolute Gasteiger partial charge is 0.347 e. The Morgan fingerprint density at radius 1 is 1.19 bits per heavy atom. The molecule has 0 fully saturated rings. The minimum atomic E-state index is -1.08. The Morgan fingerprint density at radius 2 is 1.92 bits per heavy atom. The van der Waals surface area contributed by atoms with Crippen molar-refractivity contribution in [3.8, 4) is 17.2 Å². The van der Waals surface area contributed by atoms with Crippen LogP contribution in [0.1, 0.15) is 41.4 Å². The summed E-state index contributed by atoms with van der Waals surface area (Å²) in [7, 11) is 0. The molecule has 3 aromatic rings. The number of aromatic hydroxyl groups is 1. The van der Waals surface area contributed by atoms with Crippen molar-refractivity contribution in [1.29, 1.82) is 0 Å². The summed E-state index contributed by atoms with van der Waals surface area (Å²) in [6.07, 6.45) is -0.492. The van der Waals surface area contributed by atoms with Gasteiger partial charge >= 0.3 is 5.97 Å². The molecule has 1 heterocycles. The standard InChI is InChI=1S/C27H27FN2O6/c1-27(2,13-16-7-9-17(28)10-8-16)29-14-23(32)20-11-18(12-21-25(20)35-15-24(33)30-21)36-26(34)19-5-3-4-6-22(19)31/h3-12,23,29,31-32H,13-15H2,1-2H3,(H,30,33)/t23-/m0/s1. The number of fused-ring (bicyclic) bond motifs is 1. The third-order valence-corrected chi connectivity index (χ3v) is 5.74. The molecule has 0 aromatic heterocycles. The van der Waals surface area contributed by atoms with E-state index in [-0.39, 0.29) is 53.4 Å². The molecule has 1 aliphatic rings. The normalized spacial score (nSPS) is 13.8. The van der Waals surface area contributed by atoms with Crippen LogP contribution in [0, 0.1) is 5.82 Å². The lowest BCUT2D eigenvalue weighted by Crippen LogP contribution is -2.43. The Labute approximate surface area is 207 Å². The van der Waals surface area contributed by atoms with Crippen molar-refractivity contribution in [2.24, 2.45) is 0 Å². The number of aliphatic hydroxyl groups is 1. The summed E-state index contributed by atoms with van der Waals surface area (Å²) in [4.78, 5) is 24.5. The minimum Gasteiger partial charge on any atom is -0.507 e. The highest BCUT2D eigenvalue weighted by molar-refractivity contribution is 5.97. The number of hydrogen-bond donors (Lipinski definition) is 4. The monoisotopic (exact) mass is 494 g/mol. The molecule has 3 aromatic carbocycles. The van der Waals surface area contributed by atoms with E-state index in [4.69, 9.17) is 9.47 Å². The van der Waals surface area contributed by atoms with E-state index in [0.29, 0.717) is 12.0 Å². The maximum atomic E-state index is 13.2. The van der Waals surface area contributed by atoms with E-state index in [1.54, 1.807) is 24.3 Å². The number of anilines is 1. The van der Waals surface area contributed by atoms with Crippen LogP contribution in [0.3, 0.4) is 0 Å². The molecule has 0 unspecified atom stereocenters. The van der Waals surface area contributed by atoms with Gasteiger partial charge in [0.2, 0.25) is 0 Å². The number of rotatable bonds is 8. The number of hydrogen-bond acceptors (Lipinski definition) is 7. The summed E-state index contributed by atoms with van der Waals surface area (Å²) < 4.78 is 24.2. The molecule has 1 atom stereocenters. The SMILES string of the molecule is CC(C)(Cc1ccc(F)cc1)NC[C@H](O)c1cc(OC(=O)c2ccccc2O)cc2c1OCC(=O)N2. The van der Waals surface area contributed by atoms with Crippen LogP contribution in [-0.2, 0) is 11.2 Å². The molecule has 0 aliphatic carbocycles. The number of amides is 1. The number of carbonyl (C=O) groups is 2. The maximum absolute atomic E-state index is 13.2. The van der Waals surface area contributed by atoms with Gasteiger partial charge in [-0.15, -0.1) is 0 Å². The molecule has 0 bridgehead atoms. The third kappa shape index (κ3) is 5.99. The maximum Gasteiger partial charge on any atom is 0.347 e. The van der Waals surface area contributed by atoms with Crippen LogP contribution >= 0.6 is 0 Å². The number of nitrogens with one attached hydrogen (secondary N) is 2. The molecule has 4 rings (SSSR count). The number of β-amino-alcohol motifs (C(OH)–C–C–N with tert-alkyl or cyclic N) is 1. The highest BCUT2D eigenvalue weighted by Gasteiger charge is 2.27. The number of ether oxygens (including phenoxy) is 2. The topological polar surface area (TPSA) is 117 Å². The summed E-state index contributed by atoms with van der Waals surface area (Å²) in [5.74, 6) is -1.37. The van der Waals surface area contributed by atoms with Gasteiger partial charge in [-0.1, -0.05) is 24.3 Å². The lowest BCUT2D eigenvalue weighted by atomic mass is 9.94. The number of carbonyl (C=O) groups excluding carboxylic acids is 2. The van der Waals surface area contributed by atoms with Crippen LogP contribution in [0.4, 0.5) is 10.1 Å². The molecule has 0 radical (unpaired) electrons. The van der Waals surface area contributed by atoms with E-state index >= 15 is 0 Å². The van der Waals surface area contributed by atoms with Crippen LogP contribution in [-0.4, -0.2) is 40.8 Å². The molecule has 0 spiro atoms. The predicted molar refractivity (Wildman–Crippen MR) is 131 cm³/mol. The quantitative estimate of drug-likeness (QED) is 0.279. The molecule has 0 saturated carbocycles. The summed E-state index contributed by atoms with van der Waals surface area (Å²) in [5.41, 5.74) is 1.04. The second kappa shape index (κ2) is 10.3. The Morgan fingerprint density at radius 3 is 2.64 bits per heavy atom. The van der Waals surface area contributed by atoms with E-state index in [2.05, 4.69) is 10.6 Å². The van der Waals surface area contributed by atoms with Crippen molar-refractivity contribution in [2.45, 2.75) is 31.9 Å². The molecule has 4 N–H and O–H groups in total. The van der Waals surface area contributed by atoms with Crippen molar-refractivity contribution >= 4 is 17.6 Å². The Hall–Kier alpha value is -3.95.